The van der Waals surface area contributed by atoms with E-state index in [0.717, 1.165) is 12.8 Å². The molecule has 2 aromatic rings. The molecule has 28 heavy (non-hydrogen) atoms. The van der Waals surface area contributed by atoms with Gasteiger partial charge in [-0.2, -0.15) is 0 Å². The molecule has 0 unspecified atom stereocenters. The van der Waals surface area contributed by atoms with Crippen LogP contribution in [0.25, 0.3) is 0 Å². The first-order valence-electron chi connectivity index (χ1n) is 9.71. The summed E-state index contributed by atoms with van der Waals surface area (Å²) in [5.74, 6) is 1.32. The summed E-state index contributed by atoms with van der Waals surface area (Å²) >= 11 is 0. The minimum Gasteiger partial charge on any atom is -0.352 e. The third-order valence-electron chi connectivity index (χ3n) is 5.43. The van der Waals surface area contributed by atoms with Gasteiger partial charge in [-0.05, 0) is 31.9 Å². The van der Waals surface area contributed by atoms with Crippen LogP contribution >= 0.6 is 0 Å². The average molecular weight is 384 g/mol. The van der Waals surface area contributed by atoms with Crippen LogP contribution in [-0.4, -0.2) is 57.8 Å². The fraction of sp³-hybridized carbons (Fsp3) is 0.450. The Morgan fingerprint density at radius 3 is 2.57 bits per heavy atom. The van der Waals surface area contributed by atoms with Gasteiger partial charge in [0, 0.05) is 41.1 Å². The molecule has 2 amide bonds. The van der Waals surface area contributed by atoms with Gasteiger partial charge in [-0.25, -0.2) is 9.97 Å². The number of amides is 2. The van der Waals surface area contributed by atoms with Gasteiger partial charge < -0.3 is 15.1 Å². The highest BCUT2D eigenvalue weighted by Gasteiger charge is 2.31. The quantitative estimate of drug-likeness (QED) is 0.870. The normalized spacial score (nSPS) is 17.2. The summed E-state index contributed by atoms with van der Waals surface area (Å²) in [4.78, 5) is 42.0. The van der Waals surface area contributed by atoms with Gasteiger partial charge in [0.25, 0.3) is 5.91 Å². The zero-order chi connectivity index (χ0) is 19.5. The van der Waals surface area contributed by atoms with Crippen LogP contribution in [-0.2, 0) is 4.79 Å². The van der Waals surface area contributed by atoms with E-state index < -0.39 is 0 Å². The Bertz CT molecular complexity index is 871. The Morgan fingerprint density at radius 2 is 1.93 bits per heavy atom. The number of rotatable bonds is 4. The van der Waals surface area contributed by atoms with E-state index in [0.29, 0.717) is 43.5 Å². The third-order valence-corrected chi connectivity index (χ3v) is 5.43. The van der Waals surface area contributed by atoms with Crippen LogP contribution in [0, 0.1) is 12.8 Å². The van der Waals surface area contributed by atoms with Crippen molar-refractivity contribution in [1.29, 1.82) is 0 Å². The third kappa shape index (κ3) is 3.81. The Labute approximate surface area is 167 Å². The molecule has 1 N–H and O–H groups in total. The summed E-state index contributed by atoms with van der Waals surface area (Å²) in [6, 6.07) is 5.32. The fourth-order valence-electron chi connectivity index (χ4n) is 3.49. The van der Waals surface area contributed by atoms with Crippen molar-refractivity contribution in [3.8, 4) is 0 Å². The van der Waals surface area contributed by atoms with E-state index in [-0.39, 0.29) is 26.3 Å². The topological polar surface area (TPSA) is 91.3 Å². The van der Waals surface area contributed by atoms with Crippen molar-refractivity contribution < 1.29 is 12.4 Å². The van der Waals surface area contributed by atoms with Gasteiger partial charge in [0.05, 0.1) is 11.9 Å². The molecule has 0 radical (unpaired) electrons. The molecular formula is C20H28N6O2. The maximum atomic E-state index is 12.6. The van der Waals surface area contributed by atoms with Crippen molar-refractivity contribution in [3.63, 3.8) is 0 Å². The summed E-state index contributed by atoms with van der Waals surface area (Å²) in [6.45, 7) is 4.51. The fourth-order valence-corrected chi connectivity index (χ4v) is 3.49. The molecule has 1 aliphatic heterocycles. The van der Waals surface area contributed by atoms with Gasteiger partial charge in [0.15, 0.2) is 5.69 Å². The van der Waals surface area contributed by atoms with Crippen molar-refractivity contribution in [1.82, 2.24) is 19.9 Å². The van der Waals surface area contributed by atoms with Crippen LogP contribution in [0.15, 0.2) is 30.6 Å². The van der Waals surface area contributed by atoms with E-state index in [1.54, 1.807) is 31.5 Å². The lowest BCUT2D eigenvalue weighted by molar-refractivity contribution is -0.138. The number of hydrogen-bond donors (Lipinski definition) is 1. The standard InChI is InChI=1S/C20H24N6O2.2H2/c1-14-18(19(27)23-16-7-2-3-8-21-16)24-17(13-22-14)25-9-11-26(12-10-25)20(28)15-5-4-6-15;;/h2-3,7-8,13,15H,4-6,9-12H2,1H3,(H,21,23,27);2*1H. The summed E-state index contributed by atoms with van der Waals surface area (Å²) in [6.07, 6.45) is 6.53. The van der Waals surface area contributed by atoms with Gasteiger partial charge in [0.1, 0.15) is 11.6 Å². The molecule has 1 saturated heterocycles. The molecule has 1 saturated carbocycles. The summed E-state index contributed by atoms with van der Waals surface area (Å²) in [7, 11) is 0. The van der Waals surface area contributed by atoms with Crippen molar-refractivity contribution in [2.24, 2.45) is 5.92 Å². The molecule has 0 atom stereocenters. The maximum Gasteiger partial charge on any atom is 0.277 e. The van der Waals surface area contributed by atoms with Crippen molar-refractivity contribution in [2.75, 3.05) is 36.4 Å². The van der Waals surface area contributed by atoms with E-state index in [4.69, 9.17) is 0 Å². The molecule has 8 nitrogen and oxygen atoms in total. The molecule has 2 aliphatic rings. The largest absolute Gasteiger partial charge is 0.352 e. The van der Waals surface area contributed by atoms with Crippen molar-refractivity contribution in [2.45, 2.75) is 26.2 Å². The van der Waals surface area contributed by atoms with Crippen molar-refractivity contribution in [3.05, 3.63) is 42.0 Å². The van der Waals surface area contributed by atoms with Crippen LogP contribution in [0.5, 0.6) is 0 Å². The molecule has 3 heterocycles. The summed E-state index contributed by atoms with van der Waals surface area (Å²) in [5.41, 5.74) is 0.854. The number of carbonyl (C=O) groups excluding carboxylic acids is 2. The summed E-state index contributed by atoms with van der Waals surface area (Å²) in [5, 5.41) is 2.75. The highest BCUT2D eigenvalue weighted by Crippen LogP contribution is 2.28. The predicted molar refractivity (Wildman–Crippen MR) is 109 cm³/mol. The first-order chi connectivity index (χ1) is 13.6. The lowest BCUT2D eigenvalue weighted by Gasteiger charge is -2.38. The minimum atomic E-state index is -0.329. The van der Waals surface area contributed by atoms with Crippen LogP contribution in [0.4, 0.5) is 11.6 Å². The first kappa shape index (κ1) is 18.3. The van der Waals surface area contributed by atoms with Gasteiger partial charge in [-0.15, -0.1) is 0 Å². The number of carbonyl (C=O) groups is 2. The summed E-state index contributed by atoms with van der Waals surface area (Å²) < 4.78 is 0. The van der Waals surface area contributed by atoms with Crippen LogP contribution in [0.2, 0.25) is 0 Å². The lowest BCUT2D eigenvalue weighted by atomic mass is 9.84. The van der Waals surface area contributed by atoms with Crippen molar-refractivity contribution >= 4 is 23.5 Å². The Hall–Kier alpha value is -3.03. The zero-order valence-corrected chi connectivity index (χ0v) is 16.0. The number of pyridine rings is 1. The molecular weight excluding hydrogens is 356 g/mol. The number of piperazine rings is 1. The molecule has 4 rings (SSSR count). The van der Waals surface area contributed by atoms with Gasteiger partial charge in [0.2, 0.25) is 5.91 Å². The number of aromatic nitrogens is 3. The molecule has 8 heteroatoms. The molecule has 150 valence electrons. The number of nitrogens with zero attached hydrogens (tertiary/aromatic N) is 5. The number of hydrogen-bond acceptors (Lipinski definition) is 6. The second-order valence-electron chi connectivity index (χ2n) is 7.27. The lowest BCUT2D eigenvalue weighted by Crippen LogP contribution is -2.51. The second-order valence-corrected chi connectivity index (χ2v) is 7.27. The van der Waals surface area contributed by atoms with E-state index in [1.807, 2.05) is 11.0 Å². The highest BCUT2D eigenvalue weighted by atomic mass is 16.2. The monoisotopic (exact) mass is 384 g/mol. The highest BCUT2D eigenvalue weighted by molar-refractivity contribution is 6.03. The average Bonchev–Trinajstić information content (AvgIpc) is 2.68. The van der Waals surface area contributed by atoms with E-state index >= 15 is 0 Å². The Kier molecular flexibility index (Phi) is 5.18. The molecule has 0 aromatic carbocycles. The molecule has 0 spiro atoms. The number of nitrogens with one attached hydrogen (secondary N) is 1. The van der Waals surface area contributed by atoms with Crippen LogP contribution in [0.3, 0.4) is 0 Å². The SMILES string of the molecule is Cc1ncc(N2CCN(C(=O)C3CCC3)CC2)nc1C(=O)Nc1ccccn1.[HH].[HH]. The molecule has 2 fully saturated rings. The zero-order valence-electron chi connectivity index (χ0n) is 16.0. The molecule has 1 aliphatic carbocycles. The minimum absolute atomic E-state index is 0. The van der Waals surface area contributed by atoms with E-state index in [2.05, 4.69) is 25.2 Å². The Morgan fingerprint density at radius 1 is 1.14 bits per heavy atom. The predicted octanol–water partition coefficient (Wildman–Crippen LogP) is 2.37. The van der Waals surface area contributed by atoms with Gasteiger partial charge in [-0.3, -0.25) is 14.6 Å². The van der Waals surface area contributed by atoms with Gasteiger partial charge >= 0.3 is 0 Å². The maximum absolute atomic E-state index is 12.6. The molecule has 0 bridgehead atoms. The Balaban J connectivity index is 0.00000160. The smallest absolute Gasteiger partial charge is 0.277 e. The first-order valence-corrected chi connectivity index (χ1v) is 9.71. The van der Waals surface area contributed by atoms with E-state index in [1.165, 1.54) is 6.42 Å². The second kappa shape index (κ2) is 7.92. The number of anilines is 2. The van der Waals surface area contributed by atoms with Crippen LogP contribution in [0.1, 0.15) is 38.3 Å². The van der Waals surface area contributed by atoms with Gasteiger partial charge in [-0.1, -0.05) is 12.5 Å². The molecule has 2 aromatic heterocycles. The number of aryl methyl sites for hydroxylation is 1. The van der Waals surface area contributed by atoms with Crippen LogP contribution < -0.4 is 10.2 Å². The van der Waals surface area contributed by atoms with E-state index in [9.17, 15) is 9.59 Å².